The van der Waals surface area contributed by atoms with Crippen LogP contribution in [0.4, 0.5) is 11.4 Å². The molecule has 1 aliphatic rings. The number of nitrogens with one attached hydrogen (secondary N) is 1. The van der Waals surface area contributed by atoms with Crippen molar-refractivity contribution in [3.63, 3.8) is 0 Å². The zero-order chi connectivity index (χ0) is 19.2. The van der Waals surface area contributed by atoms with Crippen LogP contribution in [0.3, 0.4) is 0 Å². The molecule has 1 aromatic heterocycles. The van der Waals surface area contributed by atoms with E-state index < -0.39 is 0 Å². The van der Waals surface area contributed by atoms with Crippen LogP contribution in [-0.2, 0) is 0 Å². The third-order valence-corrected chi connectivity index (χ3v) is 4.62. The van der Waals surface area contributed by atoms with E-state index in [4.69, 9.17) is 4.74 Å². The summed E-state index contributed by atoms with van der Waals surface area (Å²) in [5.41, 5.74) is 2.18. The average Bonchev–Trinajstić information content (AvgIpc) is 2.69. The molecule has 1 N–H and O–H groups in total. The summed E-state index contributed by atoms with van der Waals surface area (Å²) < 4.78 is 5.83. The minimum atomic E-state index is 0.000782. The van der Waals surface area contributed by atoms with E-state index in [1.165, 1.54) is 0 Å². The van der Waals surface area contributed by atoms with Gasteiger partial charge in [-0.15, -0.1) is 0 Å². The van der Waals surface area contributed by atoms with Crippen molar-refractivity contribution >= 4 is 17.3 Å². The Bertz CT molecular complexity index is 753. The summed E-state index contributed by atoms with van der Waals surface area (Å²) in [5, 5.41) is 3.32. The number of benzene rings is 1. The van der Waals surface area contributed by atoms with Gasteiger partial charge in [-0.2, -0.15) is 0 Å². The summed E-state index contributed by atoms with van der Waals surface area (Å²) in [6.45, 7) is 10.5. The van der Waals surface area contributed by atoms with Crippen molar-refractivity contribution in [3.05, 3.63) is 48.3 Å². The summed E-state index contributed by atoms with van der Waals surface area (Å²) in [6.07, 6.45) is 1.79. The molecule has 1 amide bonds. The smallest absolute Gasteiger partial charge is 0.272 e. The maximum absolute atomic E-state index is 12.6. The first-order chi connectivity index (χ1) is 13.1. The standard InChI is InChI=1S/C21H28N4O2/c1-4-24-11-13-25(14-12-24)21(26)19-10-9-17(15-22-19)23-18-7-5-6-8-20(18)27-16(2)3/h5-10,15-16,23H,4,11-14H2,1-3H3. The van der Waals surface area contributed by atoms with Gasteiger partial charge in [0.2, 0.25) is 0 Å². The molecule has 2 heterocycles. The summed E-state index contributed by atoms with van der Waals surface area (Å²) in [7, 11) is 0. The van der Waals surface area contributed by atoms with Gasteiger partial charge in [0.15, 0.2) is 0 Å². The van der Waals surface area contributed by atoms with Gasteiger partial charge in [0.1, 0.15) is 11.4 Å². The molecule has 1 saturated heterocycles. The van der Waals surface area contributed by atoms with Gasteiger partial charge in [-0.05, 0) is 44.7 Å². The van der Waals surface area contributed by atoms with Crippen LogP contribution in [-0.4, -0.2) is 59.5 Å². The lowest BCUT2D eigenvalue weighted by Gasteiger charge is -2.33. The van der Waals surface area contributed by atoms with Crippen molar-refractivity contribution in [2.45, 2.75) is 26.9 Å². The molecule has 1 aromatic carbocycles. The van der Waals surface area contributed by atoms with Gasteiger partial charge >= 0.3 is 0 Å². The quantitative estimate of drug-likeness (QED) is 0.847. The van der Waals surface area contributed by atoms with Gasteiger partial charge < -0.3 is 19.9 Å². The van der Waals surface area contributed by atoms with E-state index in [1.54, 1.807) is 12.3 Å². The van der Waals surface area contributed by atoms with E-state index in [1.807, 2.05) is 49.1 Å². The Kier molecular flexibility index (Phi) is 6.29. The lowest BCUT2D eigenvalue weighted by atomic mass is 10.2. The molecule has 0 aliphatic carbocycles. The maximum Gasteiger partial charge on any atom is 0.272 e. The minimum absolute atomic E-state index is 0.000782. The number of amides is 1. The first-order valence-corrected chi connectivity index (χ1v) is 9.57. The number of nitrogens with zero attached hydrogens (tertiary/aromatic N) is 3. The summed E-state index contributed by atoms with van der Waals surface area (Å²) in [4.78, 5) is 21.2. The van der Waals surface area contributed by atoms with Crippen LogP contribution in [0.2, 0.25) is 0 Å². The highest BCUT2D eigenvalue weighted by atomic mass is 16.5. The number of ether oxygens (including phenoxy) is 1. The van der Waals surface area contributed by atoms with Crippen LogP contribution in [0, 0.1) is 0 Å². The highest BCUT2D eigenvalue weighted by Gasteiger charge is 2.22. The molecule has 144 valence electrons. The van der Waals surface area contributed by atoms with Gasteiger partial charge in [-0.3, -0.25) is 4.79 Å². The van der Waals surface area contributed by atoms with Gasteiger partial charge in [0, 0.05) is 26.2 Å². The van der Waals surface area contributed by atoms with Crippen LogP contribution in [0.25, 0.3) is 0 Å². The number of carbonyl (C=O) groups is 1. The van der Waals surface area contributed by atoms with E-state index in [9.17, 15) is 4.79 Å². The number of hydrogen-bond acceptors (Lipinski definition) is 5. The van der Waals surface area contributed by atoms with Gasteiger partial charge in [0.05, 0.1) is 23.7 Å². The molecule has 0 unspecified atom stereocenters. The molecule has 0 atom stereocenters. The number of rotatable bonds is 6. The fourth-order valence-electron chi connectivity index (χ4n) is 3.11. The Morgan fingerprint density at radius 2 is 1.89 bits per heavy atom. The summed E-state index contributed by atoms with van der Waals surface area (Å²) in [6, 6.07) is 11.5. The molecule has 3 rings (SSSR count). The second kappa shape index (κ2) is 8.86. The van der Waals surface area contributed by atoms with Crippen molar-refractivity contribution in [3.8, 4) is 5.75 Å². The van der Waals surface area contributed by atoms with Gasteiger partial charge in [0.25, 0.3) is 5.91 Å². The number of hydrogen-bond donors (Lipinski definition) is 1. The van der Waals surface area contributed by atoms with Crippen LogP contribution in [0.5, 0.6) is 5.75 Å². The number of aromatic nitrogens is 1. The molecular weight excluding hydrogens is 340 g/mol. The van der Waals surface area contributed by atoms with Crippen LogP contribution >= 0.6 is 0 Å². The minimum Gasteiger partial charge on any atom is -0.489 e. The third kappa shape index (κ3) is 4.98. The lowest BCUT2D eigenvalue weighted by molar-refractivity contribution is 0.0637. The van der Waals surface area contributed by atoms with E-state index in [-0.39, 0.29) is 12.0 Å². The predicted octanol–water partition coefficient (Wildman–Crippen LogP) is 3.39. The lowest BCUT2D eigenvalue weighted by Crippen LogP contribution is -2.48. The number of likely N-dealkylation sites (N-methyl/N-ethyl adjacent to an activating group) is 1. The molecule has 2 aromatic rings. The number of para-hydroxylation sites is 2. The Morgan fingerprint density at radius 3 is 2.52 bits per heavy atom. The van der Waals surface area contributed by atoms with Crippen LogP contribution in [0.1, 0.15) is 31.3 Å². The molecule has 0 saturated carbocycles. The Hall–Kier alpha value is -2.60. The van der Waals surface area contributed by atoms with Crippen molar-refractivity contribution in [1.82, 2.24) is 14.8 Å². The zero-order valence-corrected chi connectivity index (χ0v) is 16.3. The number of pyridine rings is 1. The number of carbonyl (C=O) groups excluding carboxylic acids is 1. The first kappa shape index (κ1) is 19.2. The molecular formula is C21H28N4O2. The average molecular weight is 368 g/mol. The van der Waals surface area contributed by atoms with Crippen molar-refractivity contribution in [2.75, 3.05) is 38.0 Å². The van der Waals surface area contributed by atoms with E-state index in [0.717, 1.165) is 49.8 Å². The monoisotopic (exact) mass is 368 g/mol. The summed E-state index contributed by atoms with van der Waals surface area (Å²) in [5.74, 6) is 0.794. The molecule has 6 nitrogen and oxygen atoms in total. The Balaban J connectivity index is 1.65. The fraction of sp³-hybridized carbons (Fsp3) is 0.429. The fourth-order valence-corrected chi connectivity index (χ4v) is 3.11. The number of anilines is 2. The van der Waals surface area contributed by atoms with E-state index >= 15 is 0 Å². The Labute approximate surface area is 161 Å². The van der Waals surface area contributed by atoms with Gasteiger partial charge in [-0.25, -0.2) is 4.98 Å². The second-order valence-corrected chi connectivity index (χ2v) is 6.95. The molecule has 1 fully saturated rings. The molecule has 0 spiro atoms. The van der Waals surface area contributed by atoms with Crippen molar-refractivity contribution in [1.29, 1.82) is 0 Å². The SMILES string of the molecule is CCN1CCN(C(=O)c2ccc(Nc3ccccc3OC(C)C)cn2)CC1. The predicted molar refractivity (Wildman–Crippen MR) is 108 cm³/mol. The topological polar surface area (TPSA) is 57.7 Å². The van der Waals surface area contributed by atoms with Gasteiger partial charge in [-0.1, -0.05) is 19.1 Å². The molecule has 27 heavy (non-hydrogen) atoms. The summed E-state index contributed by atoms with van der Waals surface area (Å²) >= 11 is 0. The maximum atomic E-state index is 12.6. The third-order valence-electron chi connectivity index (χ3n) is 4.62. The molecule has 6 heteroatoms. The van der Waals surface area contributed by atoms with Crippen molar-refractivity contribution in [2.24, 2.45) is 0 Å². The molecule has 0 bridgehead atoms. The van der Waals surface area contributed by atoms with E-state index in [2.05, 4.69) is 22.1 Å². The largest absolute Gasteiger partial charge is 0.489 e. The van der Waals surface area contributed by atoms with E-state index in [0.29, 0.717) is 5.69 Å². The van der Waals surface area contributed by atoms with Crippen LogP contribution in [0.15, 0.2) is 42.6 Å². The zero-order valence-electron chi connectivity index (χ0n) is 16.3. The Morgan fingerprint density at radius 1 is 1.15 bits per heavy atom. The highest BCUT2D eigenvalue weighted by molar-refractivity contribution is 5.92. The first-order valence-electron chi connectivity index (χ1n) is 9.57. The number of piperazine rings is 1. The molecule has 0 radical (unpaired) electrons. The normalized spacial score (nSPS) is 15.0. The second-order valence-electron chi connectivity index (χ2n) is 6.95. The van der Waals surface area contributed by atoms with Crippen LogP contribution < -0.4 is 10.1 Å². The highest BCUT2D eigenvalue weighted by Crippen LogP contribution is 2.28. The molecule has 1 aliphatic heterocycles. The van der Waals surface area contributed by atoms with Crippen molar-refractivity contribution < 1.29 is 9.53 Å².